The molecule has 4 heterocycles. The van der Waals surface area contributed by atoms with Crippen molar-refractivity contribution in [2.75, 3.05) is 16.8 Å². The monoisotopic (exact) mass is 460 g/mol. The Hall–Kier alpha value is -4.13. The van der Waals surface area contributed by atoms with Gasteiger partial charge in [0.15, 0.2) is 5.82 Å². The van der Waals surface area contributed by atoms with Gasteiger partial charge >= 0.3 is 0 Å². The van der Waals surface area contributed by atoms with E-state index in [0.29, 0.717) is 30.1 Å². The molecule has 0 aliphatic carbocycles. The molecule has 172 valence electrons. The van der Waals surface area contributed by atoms with Gasteiger partial charge in [0.2, 0.25) is 0 Å². The standard InChI is InChI=1S/C24H22F2N8/c1-14-3-7-21(32-31-14)29-17-4-6-20-19(10-17)28-13-34(20)22-8-5-18(23(25)26)24(30-22)33-12-16(11-27)9-15(33)2/h3-8,10,13,15-16,23H,9,12H2,1-2H3,(H,29,32)/t15-,16-/m0/s1. The Kier molecular flexibility index (Phi) is 5.53. The Morgan fingerprint density at radius 3 is 2.71 bits per heavy atom. The van der Waals surface area contributed by atoms with Crippen LogP contribution in [-0.2, 0) is 0 Å². The lowest BCUT2D eigenvalue weighted by Crippen LogP contribution is -2.29. The molecule has 1 N–H and O–H groups in total. The molecule has 4 aromatic rings. The second kappa shape index (κ2) is 8.67. The van der Waals surface area contributed by atoms with Gasteiger partial charge in [0, 0.05) is 18.3 Å². The van der Waals surface area contributed by atoms with Crippen LogP contribution in [0.2, 0.25) is 0 Å². The second-order valence-corrected chi connectivity index (χ2v) is 8.45. The zero-order chi connectivity index (χ0) is 23.8. The third kappa shape index (κ3) is 4.01. The number of fused-ring (bicyclic) bond motifs is 1. The molecule has 0 spiro atoms. The number of hydrogen-bond donors (Lipinski definition) is 1. The minimum absolute atomic E-state index is 0.0528. The Balaban J connectivity index is 1.49. The molecule has 5 rings (SSSR count). The number of aryl methyl sites for hydroxylation is 1. The van der Waals surface area contributed by atoms with Gasteiger partial charge in [-0.25, -0.2) is 18.7 Å². The second-order valence-electron chi connectivity index (χ2n) is 8.45. The first-order chi connectivity index (χ1) is 16.4. The number of anilines is 3. The van der Waals surface area contributed by atoms with E-state index in [1.54, 1.807) is 17.0 Å². The lowest BCUT2D eigenvalue weighted by atomic mass is 10.1. The average molecular weight is 460 g/mol. The number of pyridine rings is 1. The summed E-state index contributed by atoms with van der Waals surface area (Å²) in [5, 5.41) is 20.7. The number of alkyl halides is 2. The topological polar surface area (TPSA) is 95.6 Å². The first-order valence-corrected chi connectivity index (χ1v) is 10.9. The predicted octanol–water partition coefficient (Wildman–Crippen LogP) is 4.94. The molecule has 0 saturated carbocycles. The van der Waals surface area contributed by atoms with Crippen LogP contribution in [0.3, 0.4) is 0 Å². The molecule has 1 aromatic carbocycles. The maximum atomic E-state index is 13.8. The van der Waals surface area contributed by atoms with Crippen molar-refractivity contribution in [3.63, 3.8) is 0 Å². The fraction of sp³-hybridized carbons (Fsp3) is 0.292. The van der Waals surface area contributed by atoms with Gasteiger partial charge in [-0.15, -0.1) is 5.10 Å². The van der Waals surface area contributed by atoms with Crippen molar-refractivity contribution in [3.05, 3.63) is 60.0 Å². The van der Waals surface area contributed by atoms with Crippen LogP contribution in [-0.4, -0.2) is 37.3 Å². The molecule has 8 nitrogen and oxygen atoms in total. The molecule has 2 atom stereocenters. The van der Waals surface area contributed by atoms with E-state index in [1.165, 1.54) is 6.07 Å². The van der Waals surface area contributed by atoms with Crippen molar-refractivity contribution < 1.29 is 8.78 Å². The van der Waals surface area contributed by atoms with E-state index in [1.807, 2.05) is 49.1 Å². The molecule has 3 aromatic heterocycles. The summed E-state index contributed by atoms with van der Waals surface area (Å²) in [5.41, 5.74) is 2.99. The fourth-order valence-corrected chi connectivity index (χ4v) is 4.29. The van der Waals surface area contributed by atoms with Crippen LogP contribution in [0.1, 0.15) is 31.0 Å². The molecule has 0 amide bonds. The molecule has 1 aliphatic heterocycles. The summed E-state index contributed by atoms with van der Waals surface area (Å²) in [6.07, 6.45) is -0.414. The Morgan fingerprint density at radius 1 is 1.15 bits per heavy atom. The summed E-state index contributed by atoms with van der Waals surface area (Å²) in [6.45, 7) is 4.19. The summed E-state index contributed by atoms with van der Waals surface area (Å²) in [6, 6.07) is 14.5. The average Bonchev–Trinajstić information content (AvgIpc) is 3.43. The predicted molar refractivity (Wildman–Crippen MR) is 124 cm³/mol. The van der Waals surface area contributed by atoms with Crippen molar-refractivity contribution in [1.82, 2.24) is 24.7 Å². The van der Waals surface area contributed by atoms with Gasteiger partial charge in [0.1, 0.15) is 18.0 Å². The van der Waals surface area contributed by atoms with Crippen LogP contribution in [0, 0.1) is 24.2 Å². The molecule has 0 bridgehead atoms. The van der Waals surface area contributed by atoms with Gasteiger partial charge in [0.25, 0.3) is 6.43 Å². The first kappa shape index (κ1) is 21.7. The highest BCUT2D eigenvalue weighted by Crippen LogP contribution is 2.35. The Labute approximate surface area is 194 Å². The molecule has 34 heavy (non-hydrogen) atoms. The van der Waals surface area contributed by atoms with E-state index in [9.17, 15) is 14.0 Å². The maximum Gasteiger partial charge on any atom is 0.267 e. The number of nitrogens with one attached hydrogen (secondary N) is 1. The van der Waals surface area contributed by atoms with Crippen LogP contribution in [0.15, 0.2) is 48.8 Å². The van der Waals surface area contributed by atoms with Crippen molar-refractivity contribution >= 4 is 28.4 Å². The molecule has 10 heteroatoms. The van der Waals surface area contributed by atoms with Crippen LogP contribution in [0.4, 0.5) is 26.1 Å². The van der Waals surface area contributed by atoms with Crippen molar-refractivity contribution in [2.24, 2.45) is 5.92 Å². The van der Waals surface area contributed by atoms with Crippen LogP contribution in [0.5, 0.6) is 0 Å². The van der Waals surface area contributed by atoms with Crippen molar-refractivity contribution in [3.8, 4) is 11.9 Å². The largest absolute Gasteiger partial charge is 0.352 e. The minimum Gasteiger partial charge on any atom is -0.352 e. The summed E-state index contributed by atoms with van der Waals surface area (Å²) < 4.78 is 29.4. The highest BCUT2D eigenvalue weighted by molar-refractivity contribution is 5.82. The lowest BCUT2D eigenvalue weighted by molar-refractivity contribution is 0.151. The third-order valence-electron chi connectivity index (χ3n) is 6.02. The summed E-state index contributed by atoms with van der Waals surface area (Å²) in [4.78, 5) is 10.9. The molecular formula is C24H22F2N8. The molecule has 0 radical (unpaired) electrons. The lowest BCUT2D eigenvalue weighted by Gasteiger charge is -2.25. The number of nitriles is 1. The van der Waals surface area contributed by atoms with E-state index < -0.39 is 6.43 Å². The zero-order valence-corrected chi connectivity index (χ0v) is 18.7. The first-order valence-electron chi connectivity index (χ1n) is 10.9. The highest BCUT2D eigenvalue weighted by atomic mass is 19.3. The molecule has 1 aliphatic rings. The van der Waals surface area contributed by atoms with E-state index in [-0.39, 0.29) is 23.3 Å². The van der Waals surface area contributed by atoms with E-state index >= 15 is 0 Å². The number of imidazole rings is 1. The zero-order valence-electron chi connectivity index (χ0n) is 18.7. The number of halogens is 2. The Bertz CT molecular complexity index is 1380. The minimum atomic E-state index is -2.66. The number of aromatic nitrogens is 5. The number of rotatable bonds is 5. The van der Waals surface area contributed by atoms with Gasteiger partial charge in [-0.2, -0.15) is 10.4 Å². The van der Waals surface area contributed by atoms with Gasteiger partial charge in [-0.1, -0.05) is 0 Å². The fourth-order valence-electron chi connectivity index (χ4n) is 4.29. The SMILES string of the molecule is Cc1ccc(Nc2ccc3c(c2)ncn3-c2ccc(C(F)F)c(N3C[C@H](C#N)C[C@@H]3C)n2)nn1. The van der Waals surface area contributed by atoms with Crippen molar-refractivity contribution in [2.45, 2.75) is 32.7 Å². The van der Waals surface area contributed by atoms with Crippen LogP contribution >= 0.6 is 0 Å². The van der Waals surface area contributed by atoms with E-state index in [0.717, 1.165) is 16.9 Å². The normalized spacial score (nSPS) is 17.9. The quantitative estimate of drug-likeness (QED) is 0.451. The molecule has 0 unspecified atom stereocenters. The highest BCUT2D eigenvalue weighted by Gasteiger charge is 2.33. The summed E-state index contributed by atoms with van der Waals surface area (Å²) in [7, 11) is 0. The molecule has 1 saturated heterocycles. The van der Waals surface area contributed by atoms with Gasteiger partial charge < -0.3 is 10.2 Å². The third-order valence-corrected chi connectivity index (χ3v) is 6.02. The van der Waals surface area contributed by atoms with Gasteiger partial charge in [-0.3, -0.25) is 4.57 Å². The summed E-state index contributed by atoms with van der Waals surface area (Å²) >= 11 is 0. The van der Waals surface area contributed by atoms with Gasteiger partial charge in [0.05, 0.1) is 34.3 Å². The van der Waals surface area contributed by atoms with Crippen molar-refractivity contribution in [1.29, 1.82) is 5.26 Å². The van der Waals surface area contributed by atoms with E-state index in [4.69, 9.17) is 0 Å². The number of hydrogen-bond acceptors (Lipinski definition) is 7. The number of benzene rings is 1. The van der Waals surface area contributed by atoms with Gasteiger partial charge in [-0.05, 0) is 62.7 Å². The van der Waals surface area contributed by atoms with Crippen LogP contribution < -0.4 is 10.2 Å². The Morgan fingerprint density at radius 2 is 2.00 bits per heavy atom. The summed E-state index contributed by atoms with van der Waals surface area (Å²) in [5.74, 6) is 1.12. The smallest absolute Gasteiger partial charge is 0.267 e. The number of nitrogens with zero attached hydrogens (tertiary/aromatic N) is 7. The van der Waals surface area contributed by atoms with Crippen LogP contribution in [0.25, 0.3) is 16.9 Å². The molecular weight excluding hydrogens is 438 g/mol. The van der Waals surface area contributed by atoms with E-state index in [2.05, 4.69) is 31.6 Å². The maximum absolute atomic E-state index is 13.8. The molecule has 1 fully saturated rings.